The Kier molecular flexibility index (Phi) is 5.61. The monoisotopic (exact) mass is 344 g/mol. The van der Waals surface area contributed by atoms with Gasteiger partial charge in [0.2, 0.25) is 5.91 Å². The molecule has 25 heavy (non-hydrogen) atoms. The number of hydrogen-bond acceptors (Lipinski definition) is 3. The average molecular weight is 344 g/mol. The van der Waals surface area contributed by atoms with Crippen LogP contribution in [-0.4, -0.2) is 35.9 Å². The molecule has 0 spiro atoms. The predicted octanol–water partition coefficient (Wildman–Crippen LogP) is 2.45. The SMILES string of the molecule is CC[C@@H](Oc1ccc2c(c1)CCCC2)C(=O)N1CCC(C(N)=O)CC1. The molecule has 1 fully saturated rings. The largest absolute Gasteiger partial charge is 0.481 e. The molecular formula is C20H28N2O3. The molecule has 5 heteroatoms. The van der Waals surface area contributed by atoms with Gasteiger partial charge in [-0.25, -0.2) is 0 Å². The Hall–Kier alpha value is -2.04. The van der Waals surface area contributed by atoms with Crippen molar-refractivity contribution in [2.24, 2.45) is 11.7 Å². The van der Waals surface area contributed by atoms with E-state index < -0.39 is 6.10 Å². The second-order valence-corrected chi connectivity index (χ2v) is 7.15. The fraction of sp³-hybridized carbons (Fsp3) is 0.600. The number of ether oxygens (including phenoxy) is 1. The van der Waals surface area contributed by atoms with Crippen LogP contribution in [0, 0.1) is 5.92 Å². The summed E-state index contributed by atoms with van der Waals surface area (Å²) in [5.41, 5.74) is 8.13. The first-order valence-corrected chi connectivity index (χ1v) is 9.45. The molecule has 0 unspecified atom stereocenters. The molecule has 1 aliphatic carbocycles. The molecule has 1 heterocycles. The number of aryl methyl sites for hydroxylation is 2. The highest BCUT2D eigenvalue weighted by molar-refractivity contribution is 5.82. The lowest BCUT2D eigenvalue weighted by molar-refractivity contribution is -0.141. The van der Waals surface area contributed by atoms with Gasteiger partial charge in [0.1, 0.15) is 5.75 Å². The molecule has 2 aliphatic rings. The lowest BCUT2D eigenvalue weighted by atomic mass is 9.92. The number of piperidine rings is 1. The van der Waals surface area contributed by atoms with E-state index >= 15 is 0 Å². The van der Waals surface area contributed by atoms with Crippen molar-refractivity contribution in [3.63, 3.8) is 0 Å². The van der Waals surface area contributed by atoms with Crippen molar-refractivity contribution in [3.8, 4) is 5.75 Å². The van der Waals surface area contributed by atoms with Gasteiger partial charge in [-0.2, -0.15) is 0 Å². The van der Waals surface area contributed by atoms with Crippen LogP contribution in [0.25, 0.3) is 0 Å². The fourth-order valence-electron chi connectivity index (χ4n) is 3.84. The standard InChI is InChI=1S/C20H28N2O3/c1-2-18(20(24)22-11-9-15(10-12-22)19(21)23)25-17-8-7-14-5-3-4-6-16(14)13-17/h7-8,13,15,18H,2-6,9-12H2,1H3,(H2,21,23)/t18-/m1/s1. The molecule has 0 aromatic heterocycles. The number of primary amides is 1. The Bertz CT molecular complexity index is 636. The molecule has 1 aliphatic heterocycles. The van der Waals surface area contributed by atoms with Crippen LogP contribution in [0.2, 0.25) is 0 Å². The second-order valence-electron chi connectivity index (χ2n) is 7.15. The number of fused-ring (bicyclic) bond motifs is 1. The van der Waals surface area contributed by atoms with Gasteiger partial charge in [0.15, 0.2) is 6.10 Å². The molecule has 1 aromatic carbocycles. The first kappa shape index (κ1) is 17.8. The zero-order valence-corrected chi connectivity index (χ0v) is 15.0. The number of benzene rings is 1. The first-order chi connectivity index (χ1) is 12.1. The van der Waals surface area contributed by atoms with Gasteiger partial charge in [0.25, 0.3) is 5.91 Å². The van der Waals surface area contributed by atoms with Gasteiger partial charge in [-0.15, -0.1) is 0 Å². The van der Waals surface area contributed by atoms with Crippen LogP contribution in [-0.2, 0) is 22.4 Å². The summed E-state index contributed by atoms with van der Waals surface area (Å²) < 4.78 is 6.04. The van der Waals surface area contributed by atoms with Crippen LogP contribution in [0.1, 0.15) is 50.2 Å². The van der Waals surface area contributed by atoms with Crippen molar-refractivity contribution in [2.45, 2.75) is 58.0 Å². The normalized spacial score (nSPS) is 19.2. The molecule has 1 saturated heterocycles. The van der Waals surface area contributed by atoms with Crippen molar-refractivity contribution in [1.82, 2.24) is 4.90 Å². The fourth-order valence-corrected chi connectivity index (χ4v) is 3.84. The van der Waals surface area contributed by atoms with Crippen molar-refractivity contribution in [1.29, 1.82) is 0 Å². The molecule has 136 valence electrons. The number of amides is 2. The highest BCUT2D eigenvalue weighted by atomic mass is 16.5. The quantitative estimate of drug-likeness (QED) is 0.892. The summed E-state index contributed by atoms with van der Waals surface area (Å²) in [6.07, 6.45) is 6.18. The maximum Gasteiger partial charge on any atom is 0.263 e. The van der Waals surface area contributed by atoms with Crippen molar-refractivity contribution in [3.05, 3.63) is 29.3 Å². The van der Waals surface area contributed by atoms with Gasteiger partial charge < -0.3 is 15.4 Å². The minimum absolute atomic E-state index is 0.0168. The second kappa shape index (κ2) is 7.89. The van der Waals surface area contributed by atoms with Crippen LogP contribution in [0.5, 0.6) is 5.75 Å². The predicted molar refractivity (Wildman–Crippen MR) is 96.3 cm³/mol. The first-order valence-electron chi connectivity index (χ1n) is 9.45. The summed E-state index contributed by atoms with van der Waals surface area (Å²) in [5, 5.41) is 0. The molecule has 1 atom stereocenters. The summed E-state index contributed by atoms with van der Waals surface area (Å²) in [6, 6.07) is 6.22. The van der Waals surface area contributed by atoms with E-state index in [1.54, 1.807) is 0 Å². The number of nitrogens with two attached hydrogens (primary N) is 1. The van der Waals surface area contributed by atoms with E-state index in [-0.39, 0.29) is 17.7 Å². The number of rotatable bonds is 5. The van der Waals surface area contributed by atoms with E-state index in [1.807, 2.05) is 17.9 Å². The Balaban J connectivity index is 1.62. The molecule has 2 amide bonds. The Labute approximate surface area is 149 Å². The van der Waals surface area contributed by atoms with Crippen molar-refractivity contribution < 1.29 is 14.3 Å². The number of carbonyl (C=O) groups is 2. The highest BCUT2D eigenvalue weighted by Gasteiger charge is 2.30. The van der Waals surface area contributed by atoms with Crippen molar-refractivity contribution >= 4 is 11.8 Å². The van der Waals surface area contributed by atoms with Gasteiger partial charge in [-0.05, 0) is 68.2 Å². The van der Waals surface area contributed by atoms with E-state index in [0.29, 0.717) is 32.4 Å². The van der Waals surface area contributed by atoms with Crippen LogP contribution in [0.15, 0.2) is 18.2 Å². The van der Waals surface area contributed by atoms with E-state index in [1.165, 1.54) is 24.0 Å². The Morgan fingerprint density at radius 1 is 1.20 bits per heavy atom. The van der Waals surface area contributed by atoms with Crippen molar-refractivity contribution in [2.75, 3.05) is 13.1 Å². The zero-order valence-electron chi connectivity index (χ0n) is 15.0. The maximum absolute atomic E-state index is 12.8. The third-order valence-corrected chi connectivity index (χ3v) is 5.45. The smallest absolute Gasteiger partial charge is 0.263 e. The molecular weight excluding hydrogens is 316 g/mol. The number of nitrogens with zero attached hydrogens (tertiary/aromatic N) is 1. The Morgan fingerprint density at radius 2 is 1.88 bits per heavy atom. The maximum atomic E-state index is 12.8. The highest BCUT2D eigenvalue weighted by Crippen LogP contribution is 2.27. The lowest BCUT2D eigenvalue weighted by Crippen LogP contribution is -2.47. The summed E-state index contributed by atoms with van der Waals surface area (Å²) in [6.45, 7) is 3.13. The molecule has 2 N–H and O–H groups in total. The molecule has 5 nitrogen and oxygen atoms in total. The third-order valence-electron chi connectivity index (χ3n) is 5.45. The van der Waals surface area contributed by atoms with E-state index in [2.05, 4.69) is 12.1 Å². The molecule has 0 bridgehead atoms. The van der Waals surface area contributed by atoms with Crippen LogP contribution in [0.3, 0.4) is 0 Å². The van der Waals surface area contributed by atoms with E-state index in [0.717, 1.165) is 18.6 Å². The van der Waals surface area contributed by atoms with Crippen LogP contribution < -0.4 is 10.5 Å². The van der Waals surface area contributed by atoms with E-state index in [9.17, 15) is 9.59 Å². The lowest BCUT2D eigenvalue weighted by Gasteiger charge is -2.33. The summed E-state index contributed by atoms with van der Waals surface area (Å²) in [7, 11) is 0. The molecule has 0 saturated carbocycles. The zero-order chi connectivity index (χ0) is 17.8. The Morgan fingerprint density at radius 3 is 2.52 bits per heavy atom. The van der Waals surface area contributed by atoms with Gasteiger partial charge >= 0.3 is 0 Å². The summed E-state index contributed by atoms with van der Waals surface area (Å²) in [5.74, 6) is 0.436. The van der Waals surface area contributed by atoms with Gasteiger partial charge in [0, 0.05) is 19.0 Å². The number of carbonyl (C=O) groups excluding carboxylic acids is 2. The van der Waals surface area contributed by atoms with Crippen LogP contribution >= 0.6 is 0 Å². The number of hydrogen-bond donors (Lipinski definition) is 1. The minimum atomic E-state index is -0.466. The molecule has 3 rings (SSSR count). The van der Waals surface area contributed by atoms with E-state index in [4.69, 9.17) is 10.5 Å². The molecule has 1 aromatic rings. The van der Waals surface area contributed by atoms with Crippen LogP contribution in [0.4, 0.5) is 0 Å². The van der Waals surface area contributed by atoms with Gasteiger partial charge in [-0.3, -0.25) is 9.59 Å². The summed E-state index contributed by atoms with van der Waals surface area (Å²) in [4.78, 5) is 25.9. The molecule has 0 radical (unpaired) electrons. The average Bonchev–Trinajstić information content (AvgIpc) is 2.65. The van der Waals surface area contributed by atoms with Gasteiger partial charge in [-0.1, -0.05) is 13.0 Å². The third kappa shape index (κ3) is 4.14. The van der Waals surface area contributed by atoms with Gasteiger partial charge in [0.05, 0.1) is 0 Å². The summed E-state index contributed by atoms with van der Waals surface area (Å²) >= 11 is 0. The number of likely N-dealkylation sites (tertiary alicyclic amines) is 1. The topological polar surface area (TPSA) is 72.6 Å². The minimum Gasteiger partial charge on any atom is -0.481 e.